The molecule has 0 bridgehead atoms. The van der Waals surface area contributed by atoms with Crippen molar-refractivity contribution in [2.75, 3.05) is 11.4 Å². The van der Waals surface area contributed by atoms with E-state index in [1.54, 1.807) is 19.1 Å². The number of anilines is 1. The van der Waals surface area contributed by atoms with Crippen molar-refractivity contribution in [1.29, 1.82) is 0 Å². The molecule has 8 heteroatoms. The van der Waals surface area contributed by atoms with Crippen LogP contribution in [0.5, 0.6) is 0 Å². The molecule has 0 fully saturated rings. The fourth-order valence-corrected chi connectivity index (χ4v) is 5.02. The predicted molar refractivity (Wildman–Crippen MR) is 105 cm³/mol. The maximum atomic E-state index is 12.9. The van der Waals surface area contributed by atoms with Gasteiger partial charge in [-0.3, -0.25) is 0 Å². The number of aryl methyl sites for hydroxylation is 2. The Morgan fingerprint density at radius 3 is 2.36 bits per heavy atom. The minimum Gasteiger partial charge on any atom is -0.243 e. The third-order valence-electron chi connectivity index (χ3n) is 3.74. The van der Waals surface area contributed by atoms with E-state index in [0.29, 0.717) is 15.7 Å². The summed E-state index contributed by atoms with van der Waals surface area (Å²) in [7, 11) is -2.18. The van der Waals surface area contributed by atoms with Gasteiger partial charge in [0.25, 0.3) is 10.0 Å². The summed E-state index contributed by atoms with van der Waals surface area (Å²) in [4.78, 5) is 0.279. The first-order valence-corrected chi connectivity index (χ1v) is 10.5. The number of benzene rings is 2. The number of nitrogens with zero attached hydrogens (tertiary/aromatic N) is 3. The molecule has 0 amide bonds. The summed E-state index contributed by atoms with van der Waals surface area (Å²) in [6.45, 7) is 3.73. The molecule has 0 spiro atoms. The van der Waals surface area contributed by atoms with Crippen LogP contribution in [0.25, 0.3) is 10.6 Å². The lowest BCUT2D eigenvalue weighted by Gasteiger charge is -2.17. The summed E-state index contributed by atoms with van der Waals surface area (Å²) in [5.41, 5.74) is 2.63. The van der Waals surface area contributed by atoms with Crippen LogP contribution in [0.4, 0.5) is 5.13 Å². The lowest BCUT2D eigenvalue weighted by atomic mass is 10.2. The number of hydrogen-bond donors (Lipinski definition) is 0. The Morgan fingerprint density at radius 2 is 1.72 bits per heavy atom. The van der Waals surface area contributed by atoms with Gasteiger partial charge >= 0.3 is 0 Å². The molecule has 25 heavy (non-hydrogen) atoms. The van der Waals surface area contributed by atoms with E-state index in [1.807, 2.05) is 37.3 Å². The smallest absolute Gasteiger partial charge is 0.243 e. The highest BCUT2D eigenvalue weighted by atomic mass is 79.9. The van der Waals surface area contributed by atoms with Crippen molar-refractivity contribution >= 4 is 42.4 Å². The minimum atomic E-state index is -3.68. The second-order valence-corrected chi connectivity index (χ2v) is 9.45. The highest BCUT2D eigenvalue weighted by Gasteiger charge is 2.26. The van der Waals surface area contributed by atoms with E-state index in [9.17, 15) is 8.42 Å². The van der Waals surface area contributed by atoms with Crippen LogP contribution in [-0.4, -0.2) is 25.7 Å². The fourth-order valence-electron chi connectivity index (χ4n) is 2.39. The molecule has 1 aromatic heterocycles. The van der Waals surface area contributed by atoms with Gasteiger partial charge in [0.1, 0.15) is 5.01 Å². The zero-order valence-corrected chi connectivity index (χ0v) is 17.1. The minimum absolute atomic E-state index is 0.279. The standard InChI is InChI=1S/C17H16BrN3O2S2/c1-11-4-9-15(12(2)10-11)25(22,23)21(3)17-20-19-16(24-17)13-5-7-14(18)8-6-13/h4-10H,1-3H3. The molecule has 0 aliphatic carbocycles. The lowest BCUT2D eigenvalue weighted by molar-refractivity contribution is 0.593. The normalized spacial score (nSPS) is 11.5. The van der Waals surface area contributed by atoms with Crippen LogP contribution in [0.15, 0.2) is 51.8 Å². The average molecular weight is 438 g/mol. The third-order valence-corrected chi connectivity index (χ3v) is 7.34. The van der Waals surface area contributed by atoms with Crippen molar-refractivity contribution in [2.24, 2.45) is 0 Å². The molecule has 0 aliphatic heterocycles. The van der Waals surface area contributed by atoms with E-state index >= 15 is 0 Å². The first-order chi connectivity index (χ1) is 11.8. The maximum absolute atomic E-state index is 12.9. The van der Waals surface area contributed by atoms with Gasteiger partial charge in [-0.25, -0.2) is 12.7 Å². The Kier molecular flexibility index (Phi) is 4.95. The molecule has 1 heterocycles. The van der Waals surface area contributed by atoms with Crippen molar-refractivity contribution in [3.05, 3.63) is 58.1 Å². The largest absolute Gasteiger partial charge is 0.266 e. The summed E-state index contributed by atoms with van der Waals surface area (Å²) < 4.78 is 28.0. The average Bonchev–Trinajstić information content (AvgIpc) is 3.04. The van der Waals surface area contributed by atoms with Crippen molar-refractivity contribution in [3.8, 4) is 10.6 Å². The Labute approximate surface area is 159 Å². The predicted octanol–water partition coefficient (Wildman–Crippen LogP) is 4.41. The van der Waals surface area contributed by atoms with Gasteiger partial charge in [0, 0.05) is 17.1 Å². The SMILES string of the molecule is Cc1ccc(S(=O)(=O)N(C)c2nnc(-c3ccc(Br)cc3)s2)c(C)c1. The maximum Gasteiger partial charge on any atom is 0.266 e. The molecular formula is C17H16BrN3O2S2. The topological polar surface area (TPSA) is 63.2 Å². The Bertz CT molecular complexity index is 1010. The van der Waals surface area contributed by atoms with E-state index in [-0.39, 0.29) is 4.90 Å². The fraction of sp³-hybridized carbons (Fsp3) is 0.176. The van der Waals surface area contributed by atoms with Crippen molar-refractivity contribution in [1.82, 2.24) is 10.2 Å². The van der Waals surface area contributed by atoms with E-state index in [1.165, 1.54) is 22.7 Å². The van der Waals surface area contributed by atoms with Gasteiger partial charge in [-0.05, 0) is 37.6 Å². The summed E-state index contributed by atoms with van der Waals surface area (Å²) >= 11 is 4.63. The molecule has 130 valence electrons. The van der Waals surface area contributed by atoms with E-state index in [2.05, 4.69) is 26.1 Å². The Hall–Kier alpha value is -1.77. The summed E-state index contributed by atoms with van der Waals surface area (Å²) in [5.74, 6) is 0. The summed E-state index contributed by atoms with van der Waals surface area (Å²) in [6.07, 6.45) is 0. The molecule has 3 aromatic rings. The quantitative estimate of drug-likeness (QED) is 0.606. The number of sulfonamides is 1. The van der Waals surface area contributed by atoms with E-state index in [4.69, 9.17) is 0 Å². The Balaban J connectivity index is 1.95. The molecule has 2 aromatic carbocycles. The molecule has 0 saturated heterocycles. The van der Waals surface area contributed by atoms with Gasteiger partial charge in [-0.2, -0.15) is 0 Å². The second-order valence-electron chi connectivity index (χ2n) is 5.64. The van der Waals surface area contributed by atoms with Crippen LogP contribution in [-0.2, 0) is 10.0 Å². The van der Waals surface area contributed by atoms with Crippen LogP contribution in [0.1, 0.15) is 11.1 Å². The molecule has 3 rings (SSSR count). The van der Waals surface area contributed by atoms with Gasteiger partial charge < -0.3 is 0 Å². The number of hydrogen-bond acceptors (Lipinski definition) is 5. The van der Waals surface area contributed by atoms with Gasteiger partial charge in [0.05, 0.1) is 4.90 Å². The number of rotatable bonds is 4. The van der Waals surface area contributed by atoms with Crippen LogP contribution in [0, 0.1) is 13.8 Å². The zero-order chi connectivity index (χ0) is 18.2. The monoisotopic (exact) mass is 437 g/mol. The van der Waals surface area contributed by atoms with Crippen LogP contribution in [0.2, 0.25) is 0 Å². The first kappa shape index (κ1) is 18.0. The number of halogens is 1. The van der Waals surface area contributed by atoms with E-state index < -0.39 is 10.0 Å². The van der Waals surface area contributed by atoms with Gasteiger partial charge in [-0.15, -0.1) is 10.2 Å². The first-order valence-electron chi connectivity index (χ1n) is 7.44. The molecule has 5 nitrogen and oxygen atoms in total. The molecule has 0 aliphatic rings. The van der Waals surface area contributed by atoms with Gasteiger partial charge in [-0.1, -0.05) is 57.1 Å². The Morgan fingerprint density at radius 1 is 1.04 bits per heavy atom. The lowest BCUT2D eigenvalue weighted by Crippen LogP contribution is -2.27. The van der Waals surface area contributed by atoms with Gasteiger partial charge in [0.15, 0.2) is 0 Å². The van der Waals surface area contributed by atoms with Crippen LogP contribution >= 0.6 is 27.3 Å². The molecule has 0 saturated carbocycles. The summed E-state index contributed by atoms with van der Waals surface area (Å²) in [6, 6.07) is 12.9. The van der Waals surface area contributed by atoms with Crippen molar-refractivity contribution in [3.63, 3.8) is 0 Å². The zero-order valence-electron chi connectivity index (χ0n) is 13.9. The van der Waals surface area contributed by atoms with Crippen molar-refractivity contribution < 1.29 is 8.42 Å². The van der Waals surface area contributed by atoms with Crippen LogP contribution in [0.3, 0.4) is 0 Å². The van der Waals surface area contributed by atoms with Crippen molar-refractivity contribution in [2.45, 2.75) is 18.7 Å². The highest BCUT2D eigenvalue weighted by Crippen LogP contribution is 2.32. The third kappa shape index (κ3) is 3.61. The molecule has 0 atom stereocenters. The van der Waals surface area contributed by atoms with Gasteiger partial charge in [0.2, 0.25) is 5.13 Å². The number of aromatic nitrogens is 2. The highest BCUT2D eigenvalue weighted by molar-refractivity contribution is 9.10. The van der Waals surface area contributed by atoms with Crippen LogP contribution < -0.4 is 4.31 Å². The molecule has 0 unspecified atom stereocenters. The molecule has 0 radical (unpaired) electrons. The summed E-state index contributed by atoms with van der Waals surface area (Å²) in [5, 5.41) is 9.19. The van der Waals surface area contributed by atoms with E-state index in [0.717, 1.165) is 15.6 Å². The molecule has 0 N–H and O–H groups in total. The molecular weight excluding hydrogens is 422 g/mol. The second kappa shape index (κ2) is 6.86.